The summed E-state index contributed by atoms with van der Waals surface area (Å²) >= 11 is 13.8. The number of hydrogen-bond acceptors (Lipinski definition) is 5. The minimum atomic E-state index is 0.0186. The quantitative estimate of drug-likeness (QED) is 0.538. The number of aromatic amines is 1. The monoisotopic (exact) mass is 413 g/mol. The predicted molar refractivity (Wildman–Crippen MR) is 105 cm³/mol. The van der Waals surface area contributed by atoms with Crippen molar-refractivity contribution in [3.8, 4) is 0 Å². The Morgan fingerprint density at radius 3 is 3.08 bits per heavy atom. The summed E-state index contributed by atoms with van der Waals surface area (Å²) in [6.07, 6.45) is 3.41. The third-order valence-corrected chi connectivity index (χ3v) is 5.78. The molecule has 3 rings (SSSR count). The molecule has 0 spiro atoms. The highest BCUT2D eigenvalue weighted by Crippen LogP contribution is 2.25. The van der Waals surface area contributed by atoms with Crippen molar-refractivity contribution in [3.63, 3.8) is 0 Å². The van der Waals surface area contributed by atoms with E-state index in [2.05, 4.69) is 25.4 Å². The molecule has 1 amide bonds. The van der Waals surface area contributed by atoms with Gasteiger partial charge in [-0.05, 0) is 37.1 Å². The zero-order valence-electron chi connectivity index (χ0n) is 14.3. The van der Waals surface area contributed by atoms with Crippen LogP contribution >= 0.6 is 35.0 Å². The number of aromatic nitrogens is 3. The lowest BCUT2D eigenvalue weighted by molar-refractivity contribution is -0.126. The van der Waals surface area contributed by atoms with Crippen molar-refractivity contribution in [3.05, 3.63) is 40.1 Å². The number of nitrogens with one attached hydrogen (secondary N) is 2. The Labute approximate surface area is 167 Å². The van der Waals surface area contributed by atoms with Crippen molar-refractivity contribution in [2.24, 2.45) is 5.92 Å². The standard InChI is InChI=1S/C17H21Cl2N5OS/c18-14-4-3-12(15(19)8-14)9-24-6-1-2-13(10-24)16(25)20-5-7-26-17-21-11-22-23-17/h3-4,8,11,13H,1-2,5-7,9-10H2,(H,20,25)(H,21,22,23)/t13-/m1/s1. The van der Waals surface area contributed by atoms with Gasteiger partial charge in [0.2, 0.25) is 5.91 Å². The first kappa shape index (κ1) is 19.5. The summed E-state index contributed by atoms with van der Waals surface area (Å²) < 4.78 is 0. The summed E-state index contributed by atoms with van der Waals surface area (Å²) in [6.45, 7) is 3.08. The largest absolute Gasteiger partial charge is 0.355 e. The number of H-pyrrole nitrogens is 1. The molecule has 26 heavy (non-hydrogen) atoms. The number of rotatable bonds is 7. The fraction of sp³-hybridized carbons (Fsp3) is 0.471. The molecule has 1 aromatic carbocycles. The molecule has 9 heteroatoms. The number of piperidine rings is 1. The van der Waals surface area contributed by atoms with Crippen molar-refractivity contribution in [2.45, 2.75) is 24.5 Å². The molecular formula is C17H21Cl2N5OS. The molecule has 1 saturated heterocycles. The highest BCUT2D eigenvalue weighted by Gasteiger charge is 2.25. The summed E-state index contributed by atoms with van der Waals surface area (Å²) in [5.41, 5.74) is 1.04. The van der Waals surface area contributed by atoms with Crippen LogP contribution in [0.15, 0.2) is 29.7 Å². The zero-order valence-corrected chi connectivity index (χ0v) is 16.6. The van der Waals surface area contributed by atoms with Crippen LogP contribution in [0.1, 0.15) is 18.4 Å². The van der Waals surface area contributed by atoms with Crippen LogP contribution in [-0.2, 0) is 11.3 Å². The first-order chi connectivity index (χ1) is 12.6. The average molecular weight is 414 g/mol. The van der Waals surface area contributed by atoms with Gasteiger partial charge in [0.05, 0.1) is 5.92 Å². The molecule has 140 valence electrons. The number of thioether (sulfide) groups is 1. The molecule has 1 atom stereocenters. The fourth-order valence-corrected chi connectivity index (χ4v) is 4.14. The van der Waals surface area contributed by atoms with E-state index in [1.807, 2.05) is 12.1 Å². The van der Waals surface area contributed by atoms with Crippen LogP contribution in [0.3, 0.4) is 0 Å². The molecule has 0 radical (unpaired) electrons. The lowest BCUT2D eigenvalue weighted by Crippen LogP contribution is -2.43. The summed E-state index contributed by atoms with van der Waals surface area (Å²) in [4.78, 5) is 18.8. The van der Waals surface area contributed by atoms with Crippen LogP contribution in [0.4, 0.5) is 0 Å². The maximum Gasteiger partial charge on any atom is 0.224 e. The van der Waals surface area contributed by atoms with E-state index in [0.29, 0.717) is 16.6 Å². The third kappa shape index (κ3) is 5.61. The smallest absolute Gasteiger partial charge is 0.224 e. The average Bonchev–Trinajstić information content (AvgIpc) is 3.15. The molecule has 0 bridgehead atoms. The van der Waals surface area contributed by atoms with Crippen LogP contribution in [0, 0.1) is 5.92 Å². The van der Waals surface area contributed by atoms with E-state index in [4.69, 9.17) is 23.2 Å². The van der Waals surface area contributed by atoms with Crippen molar-refractivity contribution in [2.75, 3.05) is 25.4 Å². The number of nitrogens with zero attached hydrogens (tertiary/aromatic N) is 3. The van der Waals surface area contributed by atoms with Crippen LogP contribution in [0.25, 0.3) is 0 Å². The zero-order chi connectivity index (χ0) is 18.4. The Hall–Kier alpha value is -1.28. The highest BCUT2D eigenvalue weighted by molar-refractivity contribution is 7.99. The van der Waals surface area contributed by atoms with Gasteiger partial charge >= 0.3 is 0 Å². The number of likely N-dealkylation sites (tertiary alicyclic amines) is 1. The summed E-state index contributed by atoms with van der Waals surface area (Å²) in [5.74, 6) is 0.901. The summed E-state index contributed by atoms with van der Waals surface area (Å²) in [7, 11) is 0. The lowest BCUT2D eigenvalue weighted by atomic mass is 9.96. The molecular weight excluding hydrogens is 393 g/mol. The highest BCUT2D eigenvalue weighted by atomic mass is 35.5. The number of halogens is 2. The van der Waals surface area contributed by atoms with Gasteiger partial charge in [-0.25, -0.2) is 4.98 Å². The van der Waals surface area contributed by atoms with Crippen molar-refractivity contribution in [1.82, 2.24) is 25.4 Å². The van der Waals surface area contributed by atoms with Crippen molar-refractivity contribution in [1.29, 1.82) is 0 Å². The second-order valence-corrected chi connectivity index (χ2v) is 8.17. The Bertz CT molecular complexity index is 728. The minimum absolute atomic E-state index is 0.0186. The van der Waals surface area contributed by atoms with Gasteiger partial charge in [-0.2, -0.15) is 5.10 Å². The summed E-state index contributed by atoms with van der Waals surface area (Å²) in [5, 5.41) is 11.7. The fourth-order valence-electron chi connectivity index (χ4n) is 3.03. The predicted octanol–water partition coefficient (Wildman–Crippen LogP) is 3.23. The van der Waals surface area contributed by atoms with E-state index in [-0.39, 0.29) is 11.8 Å². The van der Waals surface area contributed by atoms with Gasteiger partial charge in [-0.1, -0.05) is 41.0 Å². The molecule has 0 saturated carbocycles. The molecule has 2 aromatic rings. The van der Waals surface area contributed by atoms with Crippen LogP contribution in [0.2, 0.25) is 10.0 Å². The van der Waals surface area contributed by atoms with E-state index in [9.17, 15) is 4.79 Å². The first-order valence-electron chi connectivity index (χ1n) is 8.54. The first-order valence-corrected chi connectivity index (χ1v) is 10.3. The van der Waals surface area contributed by atoms with E-state index >= 15 is 0 Å². The molecule has 6 nitrogen and oxygen atoms in total. The molecule has 2 N–H and O–H groups in total. The Balaban J connectivity index is 1.44. The molecule has 1 aromatic heterocycles. The number of amides is 1. The normalized spacial score (nSPS) is 18.0. The maximum absolute atomic E-state index is 12.4. The lowest BCUT2D eigenvalue weighted by Gasteiger charge is -2.32. The maximum atomic E-state index is 12.4. The molecule has 1 fully saturated rings. The van der Waals surface area contributed by atoms with E-state index in [1.54, 1.807) is 17.8 Å². The minimum Gasteiger partial charge on any atom is -0.355 e. The van der Waals surface area contributed by atoms with Crippen LogP contribution < -0.4 is 5.32 Å². The van der Waals surface area contributed by atoms with Gasteiger partial charge in [0, 0.05) is 35.4 Å². The topological polar surface area (TPSA) is 73.9 Å². The van der Waals surface area contributed by atoms with Gasteiger partial charge in [-0.3, -0.25) is 14.8 Å². The second-order valence-electron chi connectivity index (χ2n) is 6.24. The SMILES string of the molecule is O=C(NCCSc1ncn[nH]1)[C@@H]1CCCN(Cc2ccc(Cl)cc2Cl)C1. The third-order valence-electron chi connectivity index (χ3n) is 4.32. The van der Waals surface area contributed by atoms with Gasteiger partial charge in [0.1, 0.15) is 6.33 Å². The molecule has 2 heterocycles. The number of benzene rings is 1. The molecule has 1 aliphatic rings. The Morgan fingerprint density at radius 1 is 1.42 bits per heavy atom. The summed E-state index contributed by atoms with van der Waals surface area (Å²) in [6, 6.07) is 5.57. The van der Waals surface area contributed by atoms with Crippen molar-refractivity contribution >= 4 is 40.9 Å². The van der Waals surface area contributed by atoms with Gasteiger partial charge in [-0.15, -0.1) is 0 Å². The van der Waals surface area contributed by atoms with E-state index < -0.39 is 0 Å². The van der Waals surface area contributed by atoms with Gasteiger partial charge in [0.15, 0.2) is 5.16 Å². The second kappa shape index (κ2) is 9.60. The number of hydrogen-bond donors (Lipinski definition) is 2. The van der Waals surface area contributed by atoms with Crippen LogP contribution in [0.5, 0.6) is 0 Å². The van der Waals surface area contributed by atoms with E-state index in [1.165, 1.54) is 6.33 Å². The van der Waals surface area contributed by atoms with Gasteiger partial charge in [0.25, 0.3) is 0 Å². The number of carbonyl (C=O) groups excluding carboxylic acids is 1. The van der Waals surface area contributed by atoms with Crippen LogP contribution in [-0.4, -0.2) is 51.4 Å². The van der Waals surface area contributed by atoms with Crippen molar-refractivity contribution < 1.29 is 4.79 Å². The molecule has 0 unspecified atom stereocenters. The Morgan fingerprint density at radius 2 is 2.31 bits per heavy atom. The van der Waals surface area contributed by atoms with Gasteiger partial charge < -0.3 is 5.32 Å². The van der Waals surface area contributed by atoms with E-state index in [0.717, 1.165) is 48.9 Å². The molecule has 1 aliphatic heterocycles. The number of carbonyl (C=O) groups is 1. The molecule has 0 aliphatic carbocycles. The Kier molecular flexibility index (Phi) is 7.19.